The second-order valence-corrected chi connectivity index (χ2v) is 3.89. The van der Waals surface area contributed by atoms with Gasteiger partial charge in [0, 0.05) is 23.7 Å². The predicted molar refractivity (Wildman–Crippen MR) is 56.7 cm³/mol. The fourth-order valence-corrected chi connectivity index (χ4v) is 1.60. The van der Waals surface area contributed by atoms with Crippen LogP contribution in [0.5, 0.6) is 5.75 Å². The molecule has 1 atom stereocenters. The summed E-state index contributed by atoms with van der Waals surface area (Å²) in [5.74, 6) is -0.728. The van der Waals surface area contributed by atoms with E-state index >= 15 is 0 Å². The van der Waals surface area contributed by atoms with Crippen LogP contribution in [0, 0.1) is 5.82 Å². The lowest BCUT2D eigenvalue weighted by molar-refractivity contribution is 0.0999. The average molecular weight is 224 g/mol. The van der Waals surface area contributed by atoms with Gasteiger partial charge < -0.3 is 15.8 Å². The first-order valence-corrected chi connectivity index (χ1v) is 5.06. The molecule has 1 unspecified atom stereocenters. The van der Waals surface area contributed by atoms with Crippen LogP contribution in [0.4, 0.5) is 4.39 Å². The summed E-state index contributed by atoms with van der Waals surface area (Å²) in [7, 11) is 0. The summed E-state index contributed by atoms with van der Waals surface area (Å²) in [6, 6.07) is 2.77. The molecular weight excluding hydrogens is 211 g/mol. The third kappa shape index (κ3) is 1.99. The number of nitrogens with two attached hydrogens (primary N) is 1. The lowest BCUT2D eigenvalue weighted by atomic mass is 10.1. The van der Waals surface area contributed by atoms with Crippen LogP contribution in [0.3, 0.4) is 0 Å². The van der Waals surface area contributed by atoms with Gasteiger partial charge in [-0.15, -0.1) is 0 Å². The van der Waals surface area contributed by atoms with Gasteiger partial charge in [-0.3, -0.25) is 4.79 Å². The topological polar surface area (TPSA) is 64.3 Å². The van der Waals surface area contributed by atoms with Crippen molar-refractivity contribution in [2.45, 2.75) is 19.5 Å². The molecule has 0 aromatic heterocycles. The number of nitrogens with one attached hydrogen (secondary N) is 1. The van der Waals surface area contributed by atoms with E-state index in [1.54, 1.807) is 0 Å². The Morgan fingerprint density at radius 2 is 2.38 bits per heavy atom. The number of amides is 1. The van der Waals surface area contributed by atoms with Crippen molar-refractivity contribution in [3.63, 3.8) is 0 Å². The second kappa shape index (κ2) is 4.09. The van der Waals surface area contributed by atoms with Crippen molar-refractivity contribution in [2.24, 2.45) is 5.73 Å². The maximum Gasteiger partial charge on any atom is 0.248 e. The van der Waals surface area contributed by atoms with Gasteiger partial charge in [-0.1, -0.05) is 0 Å². The molecule has 1 amide bonds. The number of primary amides is 1. The summed E-state index contributed by atoms with van der Waals surface area (Å²) in [6.45, 7) is 2.77. The molecule has 0 saturated heterocycles. The summed E-state index contributed by atoms with van der Waals surface area (Å²) in [5.41, 5.74) is 5.67. The van der Waals surface area contributed by atoms with Crippen LogP contribution in [-0.2, 0) is 6.54 Å². The molecule has 16 heavy (non-hydrogen) atoms. The third-order valence-electron chi connectivity index (χ3n) is 2.56. The Morgan fingerprint density at radius 3 is 3.06 bits per heavy atom. The van der Waals surface area contributed by atoms with Crippen molar-refractivity contribution in [2.75, 3.05) is 6.61 Å². The van der Waals surface area contributed by atoms with Crippen LogP contribution in [0.1, 0.15) is 22.8 Å². The summed E-state index contributed by atoms with van der Waals surface area (Å²) in [4.78, 5) is 11.0. The molecule has 0 bridgehead atoms. The molecule has 2 rings (SSSR count). The van der Waals surface area contributed by atoms with Crippen LogP contribution < -0.4 is 15.8 Å². The van der Waals surface area contributed by atoms with Gasteiger partial charge in [-0.2, -0.15) is 0 Å². The van der Waals surface area contributed by atoms with E-state index in [9.17, 15) is 9.18 Å². The minimum absolute atomic E-state index is 0.130. The van der Waals surface area contributed by atoms with Crippen molar-refractivity contribution < 1.29 is 13.9 Å². The van der Waals surface area contributed by atoms with E-state index < -0.39 is 11.7 Å². The van der Waals surface area contributed by atoms with Crippen LogP contribution in [-0.4, -0.2) is 18.6 Å². The average Bonchev–Trinajstić information content (AvgIpc) is 2.41. The highest BCUT2D eigenvalue weighted by molar-refractivity contribution is 5.93. The van der Waals surface area contributed by atoms with Gasteiger partial charge in [0.25, 0.3) is 0 Å². The molecule has 0 saturated carbocycles. The Kier molecular flexibility index (Phi) is 2.78. The molecule has 0 radical (unpaired) electrons. The van der Waals surface area contributed by atoms with E-state index in [2.05, 4.69) is 5.32 Å². The fraction of sp³-hybridized carbons (Fsp3) is 0.364. The molecule has 0 fully saturated rings. The van der Waals surface area contributed by atoms with Crippen molar-refractivity contribution >= 4 is 5.91 Å². The number of hydrogen-bond acceptors (Lipinski definition) is 3. The number of carbonyl (C=O) groups excluding carboxylic acids is 1. The molecule has 1 heterocycles. The minimum Gasteiger partial charge on any atom is -0.492 e. The quantitative estimate of drug-likeness (QED) is 0.741. The smallest absolute Gasteiger partial charge is 0.248 e. The van der Waals surface area contributed by atoms with Crippen molar-refractivity contribution in [1.29, 1.82) is 0 Å². The van der Waals surface area contributed by atoms with Crippen molar-refractivity contribution in [1.82, 2.24) is 5.32 Å². The molecule has 1 aromatic carbocycles. The summed E-state index contributed by atoms with van der Waals surface area (Å²) >= 11 is 0. The molecular formula is C11H13FN2O2. The van der Waals surface area contributed by atoms with E-state index in [1.807, 2.05) is 6.92 Å². The zero-order chi connectivity index (χ0) is 11.7. The summed E-state index contributed by atoms with van der Waals surface area (Å²) in [6.07, 6.45) is 0. The maximum absolute atomic E-state index is 13.7. The van der Waals surface area contributed by atoms with Gasteiger partial charge in [0.2, 0.25) is 5.91 Å². The predicted octanol–water partition coefficient (Wildman–Crippen LogP) is 0.795. The maximum atomic E-state index is 13.7. The monoisotopic (exact) mass is 224 g/mol. The Labute approximate surface area is 92.6 Å². The van der Waals surface area contributed by atoms with Gasteiger partial charge in [-0.05, 0) is 19.1 Å². The van der Waals surface area contributed by atoms with Crippen molar-refractivity contribution in [3.8, 4) is 5.75 Å². The van der Waals surface area contributed by atoms with Gasteiger partial charge >= 0.3 is 0 Å². The Balaban J connectivity index is 2.43. The van der Waals surface area contributed by atoms with Gasteiger partial charge in [0.05, 0.1) is 0 Å². The Bertz CT molecular complexity index is 434. The molecule has 5 heteroatoms. The van der Waals surface area contributed by atoms with Gasteiger partial charge in [-0.25, -0.2) is 4.39 Å². The standard InChI is InChI=1S/C11H13FN2O2/c1-6-5-16-10-3-7(11(13)15)2-9(12)8(10)4-14-6/h2-3,6,14H,4-5H2,1H3,(H2,13,15). The van der Waals surface area contributed by atoms with E-state index in [1.165, 1.54) is 6.07 Å². The van der Waals surface area contributed by atoms with Crippen molar-refractivity contribution in [3.05, 3.63) is 29.1 Å². The highest BCUT2D eigenvalue weighted by Gasteiger charge is 2.18. The zero-order valence-corrected chi connectivity index (χ0v) is 8.92. The second-order valence-electron chi connectivity index (χ2n) is 3.89. The molecule has 1 aromatic rings. The lowest BCUT2D eigenvalue weighted by Gasteiger charge is -2.09. The number of hydrogen-bond donors (Lipinski definition) is 2. The third-order valence-corrected chi connectivity index (χ3v) is 2.56. The minimum atomic E-state index is -0.657. The summed E-state index contributed by atoms with van der Waals surface area (Å²) in [5, 5.41) is 3.11. The molecule has 1 aliphatic heterocycles. The highest BCUT2D eigenvalue weighted by atomic mass is 19.1. The van der Waals surface area contributed by atoms with E-state index in [0.717, 1.165) is 6.07 Å². The number of rotatable bonds is 1. The SMILES string of the molecule is CC1COc2cc(C(N)=O)cc(F)c2CN1. The van der Waals surface area contributed by atoms with E-state index in [-0.39, 0.29) is 11.6 Å². The number of fused-ring (bicyclic) bond motifs is 1. The summed E-state index contributed by atoms with van der Waals surface area (Å²) < 4.78 is 19.1. The number of ether oxygens (including phenoxy) is 1. The fourth-order valence-electron chi connectivity index (χ4n) is 1.60. The number of carbonyl (C=O) groups is 1. The van der Waals surface area contributed by atoms with Crippen LogP contribution >= 0.6 is 0 Å². The van der Waals surface area contributed by atoms with Crippen LogP contribution in [0.25, 0.3) is 0 Å². The van der Waals surface area contributed by atoms with Crippen LogP contribution in [0.15, 0.2) is 12.1 Å². The molecule has 0 aliphatic carbocycles. The largest absolute Gasteiger partial charge is 0.492 e. The van der Waals surface area contributed by atoms with Crippen LogP contribution in [0.2, 0.25) is 0 Å². The van der Waals surface area contributed by atoms with E-state index in [0.29, 0.717) is 24.5 Å². The molecule has 1 aliphatic rings. The van der Waals surface area contributed by atoms with E-state index in [4.69, 9.17) is 10.5 Å². The molecule has 86 valence electrons. The van der Waals surface area contributed by atoms with Gasteiger partial charge in [0.15, 0.2) is 0 Å². The highest BCUT2D eigenvalue weighted by Crippen LogP contribution is 2.25. The first-order valence-electron chi connectivity index (χ1n) is 5.06. The molecule has 4 nitrogen and oxygen atoms in total. The number of benzene rings is 1. The normalized spacial score (nSPS) is 19.5. The molecule has 3 N–H and O–H groups in total. The Morgan fingerprint density at radius 1 is 1.62 bits per heavy atom. The number of halogens is 1. The Hall–Kier alpha value is -1.62. The van der Waals surface area contributed by atoms with Gasteiger partial charge in [0.1, 0.15) is 18.2 Å². The first-order chi connectivity index (χ1) is 7.58. The molecule has 0 spiro atoms. The first kappa shape index (κ1) is 10.9. The zero-order valence-electron chi connectivity index (χ0n) is 8.92. The lowest BCUT2D eigenvalue weighted by Crippen LogP contribution is -2.28.